The lowest BCUT2D eigenvalue weighted by Gasteiger charge is -2.14. The van der Waals surface area contributed by atoms with Gasteiger partial charge in [-0.1, -0.05) is 24.3 Å². The van der Waals surface area contributed by atoms with Gasteiger partial charge in [0.2, 0.25) is 17.2 Å². The second-order valence-electron chi connectivity index (χ2n) is 15.1. The van der Waals surface area contributed by atoms with Gasteiger partial charge in [-0.15, -0.1) is 20.5 Å². The quantitative estimate of drug-likeness (QED) is 0.0297. The van der Waals surface area contributed by atoms with E-state index in [0.717, 1.165) is 60.7 Å². The Bertz CT molecular complexity index is 4550. The molecule has 0 spiro atoms. The number of anilines is 5. The van der Waals surface area contributed by atoms with Gasteiger partial charge in [-0.3, -0.25) is 27.3 Å². The van der Waals surface area contributed by atoms with Gasteiger partial charge >= 0.3 is 10.4 Å². The number of sulfone groups is 1. The molecule has 1 heterocycles. The Labute approximate surface area is 438 Å². The fourth-order valence-electron chi connectivity index (χ4n) is 6.92. The minimum atomic E-state index is -5.57. The monoisotopic (exact) mass is 1220 g/mol. The van der Waals surface area contributed by atoms with Crippen LogP contribution in [0.5, 0.6) is 5.75 Å². The molecule has 0 radical (unpaired) electrons. The third-order valence-corrected chi connectivity index (χ3v) is 16.8. The topological polar surface area (TPSA) is 528 Å². The van der Waals surface area contributed by atoms with E-state index in [2.05, 4.69) is 50.2 Å². The molecule has 32 nitrogen and oxygen atoms in total. The lowest BCUT2D eigenvalue weighted by molar-refractivity contribution is 0.283. The number of aromatic hydroxyl groups is 1. The zero-order chi connectivity index (χ0) is 57.0. The molecule has 40 heteroatoms. The van der Waals surface area contributed by atoms with Gasteiger partial charge in [0.1, 0.15) is 47.2 Å². The summed E-state index contributed by atoms with van der Waals surface area (Å²) in [5.41, 5.74) is 0.969. The highest BCUT2D eigenvalue weighted by Gasteiger charge is 2.30. The third kappa shape index (κ3) is 13.2. The lowest BCUT2D eigenvalue weighted by Crippen LogP contribution is -2.15. The van der Waals surface area contributed by atoms with E-state index in [1.54, 1.807) is 0 Å². The Kier molecular flexibility index (Phi) is 15.5. The molecular formula is C37H29ClN10O22S7. The molecule has 0 unspecified atom stereocenters. The Balaban J connectivity index is 1.30. The number of fused-ring (bicyclic) bond motifs is 2. The maximum atomic E-state index is 12.8. The van der Waals surface area contributed by atoms with E-state index in [1.165, 1.54) is 12.1 Å². The summed E-state index contributed by atoms with van der Waals surface area (Å²) < 4.78 is 236. The second-order valence-corrected chi connectivity index (χ2v) is 25.6. The largest absolute Gasteiger partial charge is 0.505 e. The number of rotatable bonds is 18. The first kappa shape index (κ1) is 57.6. The Morgan fingerprint density at radius 1 is 0.545 bits per heavy atom. The number of nitrogens with two attached hydrogens (primary N) is 1. The third-order valence-electron chi connectivity index (χ3n) is 10.0. The zero-order valence-electron chi connectivity index (χ0n) is 37.2. The van der Waals surface area contributed by atoms with Crippen molar-refractivity contribution in [3.05, 3.63) is 90.2 Å². The summed E-state index contributed by atoms with van der Waals surface area (Å²) in [4.78, 5) is 5.82. The summed E-state index contributed by atoms with van der Waals surface area (Å²) >= 11 is 6.10. The average Bonchev–Trinajstić information content (AvgIpc) is 3.28. The number of hydrogen-bond donors (Lipinski definition) is 10. The first-order valence-electron chi connectivity index (χ1n) is 19.9. The van der Waals surface area contributed by atoms with Gasteiger partial charge in [0.25, 0.3) is 50.6 Å². The van der Waals surface area contributed by atoms with E-state index >= 15 is 0 Å². The minimum absolute atomic E-state index is 0.0247. The van der Waals surface area contributed by atoms with Crippen molar-refractivity contribution in [2.45, 2.75) is 29.4 Å². The summed E-state index contributed by atoms with van der Waals surface area (Å²) in [7, 11) is -35.9. The van der Waals surface area contributed by atoms with Crippen LogP contribution in [-0.2, 0) is 75.0 Å². The van der Waals surface area contributed by atoms with E-state index in [9.17, 15) is 86.8 Å². The highest BCUT2D eigenvalue weighted by molar-refractivity contribution is 7.91. The average molecular weight is 1230 g/mol. The predicted octanol–water partition coefficient (Wildman–Crippen LogP) is 5.26. The molecular weight excluding hydrogens is 1200 g/mol. The van der Waals surface area contributed by atoms with Gasteiger partial charge in [0.05, 0.1) is 28.3 Å². The van der Waals surface area contributed by atoms with Crippen molar-refractivity contribution in [2.24, 2.45) is 20.5 Å². The van der Waals surface area contributed by atoms with Crippen LogP contribution < -0.4 is 16.4 Å². The summed E-state index contributed by atoms with van der Waals surface area (Å²) in [6.07, 6.45) is 0. The molecule has 7 aromatic rings. The van der Waals surface area contributed by atoms with Crippen LogP contribution in [0.3, 0.4) is 0 Å². The number of aromatic nitrogens is 3. The van der Waals surface area contributed by atoms with Gasteiger partial charge < -0.3 is 21.5 Å². The molecule has 408 valence electrons. The predicted molar refractivity (Wildman–Crippen MR) is 265 cm³/mol. The number of halogens is 1. The standard InChI is InChI=1S/C37H29ClN10O22S7/c38-35-42-36(40-18-3-1-4-20(15-18)71(50,51)12-11-70-77(67,68)69)44-37(43-35)41-19-7-10-26(73(55,56)57)24(16-19)46-47-31-27(74(58,59)60)13-17-14-28(75(61,62)63)32(33(49)29(17)30(31)39)48-45-23-9-8-21-22(34(23)76(64,65)66)5-2-6-25(21)72(52,53)54/h1-10,13-16,49H,11-12,39H2,(H,52,53,54)(H,55,56,57)(H,58,59,60)(H,61,62,63)(H,64,65,66)(H,67,68,69)(H2,40,41,42,43,44)/b47-46+,48-45+. The highest BCUT2D eigenvalue weighted by Crippen LogP contribution is 2.49. The molecule has 0 atom stereocenters. The van der Waals surface area contributed by atoms with Crippen molar-refractivity contribution in [1.82, 2.24) is 15.0 Å². The highest BCUT2D eigenvalue weighted by atomic mass is 35.5. The molecule has 6 aromatic carbocycles. The van der Waals surface area contributed by atoms with Crippen LogP contribution in [0, 0.1) is 0 Å². The first-order valence-corrected chi connectivity index (χ1v) is 30.4. The van der Waals surface area contributed by atoms with Crippen molar-refractivity contribution in [3.63, 3.8) is 0 Å². The van der Waals surface area contributed by atoms with Crippen LogP contribution in [0.1, 0.15) is 0 Å². The Morgan fingerprint density at radius 3 is 1.66 bits per heavy atom. The number of benzene rings is 6. The molecule has 0 fully saturated rings. The fourth-order valence-corrected chi connectivity index (χ4v) is 12.1. The van der Waals surface area contributed by atoms with Crippen molar-refractivity contribution in [1.29, 1.82) is 0 Å². The molecule has 0 aliphatic rings. The molecule has 0 saturated heterocycles. The number of nitrogen functional groups attached to an aromatic ring is 1. The number of nitrogens with zero attached hydrogens (tertiary/aromatic N) is 7. The molecule has 0 aliphatic heterocycles. The Morgan fingerprint density at radius 2 is 1.09 bits per heavy atom. The minimum Gasteiger partial charge on any atom is -0.505 e. The van der Waals surface area contributed by atoms with Crippen LogP contribution in [0.25, 0.3) is 21.5 Å². The summed E-state index contributed by atoms with van der Waals surface area (Å²) in [6, 6.07) is 12.8. The van der Waals surface area contributed by atoms with Crippen LogP contribution in [-0.4, -0.2) is 119 Å². The zero-order valence-corrected chi connectivity index (χ0v) is 43.7. The molecule has 7 rings (SSSR count). The van der Waals surface area contributed by atoms with E-state index in [4.69, 9.17) is 21.9 Å². The first-order chi connectivity index (χ1) is 35.4. The number of nitrogens with one attached hydrogen (secondary N) is 2. The summed E-state index contributed by atoms with van der Waals surface area (Å²) in [5, 5.41) is 28.3. The van der Waals surface area contributed by atoms with E-state index in [1.807, 2.05) is 0 Å². The van der Waals surface area contributed by atoms with Crippen LogP contribution in [0.4, 0.5) is 51.7 Å². The van der Waals surface area contributed by atoms with Gasteiger partial charge in [0.15, 0.2) is 15.6 Å². The number of azo groups is 2. The van der Waals surface area contributed by atoms with Crippen LogP contribution in [0.2, 0.25) is 5.28 Å². The maximum absolute atomic E-state index is 12.8. The van der Waals surface area contributed by atoms with E-state index in [0.29, 0.717) is 12.1 Å². The smallest absolute Gasteiger partial charge is 0.397 e. The normalized spacial score (nSPS) is 13.2. The molecule has 0 bridgehead atoms. The number of phenols is 1. The lowest BCUT2D eigenvalue weighted by atomic mass is 10.1. The summed E-state index contributed by atoms with van der Waals surface area (Å²) in [6.45, 7) is -0.920. The SMILES string of the molecule is Nc1c(/N=N/c2cc(Nc3nc(Cl)nc(Nc4cccc(S(=O)(=O)CCOS(=O)(=O)O)c4)n3)ccc2S(=O)(=O)O)c(S(=O)(=O)O)cc2cc(S(=O)(=O)O)c(/N=N/c3ccc4c(S(=O)(=O)O)cccc4c3S(=O)(=O)O)c(O)c12. The van der Waals surface area contributed by atoms with Gasteiger partial charge in [-0.05, 0) is 77.7 Å². The van der Waals surface area contributed by atoms with Crippen LogP contribution >= 0.6 is 11.6 Å². The molecule has 1 aromatic heterocycles. The van der Waals surface area contributed by atoms with Crippen molar-refractivity contribution < 1.29 is 95.5 Å². The number of phenolic OH excluding ortho intramolecular Hbond substituents is 1. The second kappa shape index (κ2) is 20.7. The van der Waals surface area contributed by atoms with Gasteiger partial charge in [-0.2, -0.15) is 65.5 Å². The molecule has 0 aliphatic carbocycles. The molecule has 0 amide bonds. The van der Waals surface area contributed by atoms with E-state index in [-0.39, 0.29) is 22.2 Å². The van der Waals surface area contributed by atoms with Gasteiger partial charge in [-0.25, -0.2) is 12.6 Å². The summed E-state index contributed by atoms with van der Waals surface area (Å²) in [5.74, 6) is -3.02. The molecule has 11 N–H and O–H groups in total. The van der Waals surface area contributed by atoms with Crippen molar-refractivity contribution in [2.75, 3.05) is 28.7 Å². The number of hydrogen-bond acceptors (Lipinski definition) is 26. The van der Waals surface area contributed by atoms with Crippen molar-refractivity contribution >= 4 is 156 Å². The van der Waals surface area contributed by atoms with E-state index < -0.39 is 175 Å². The maximum Gasteiger partial charge on any atom is 0.397 e. The fraction of sp³-hybridized carbons (Fsp3) is 0.0541. The van der Waals surface area contributed by atoms with Crippen LogP contribution in [0.15, 0.2) is 135 Å². The van der Waals surface area contributed by atoms with Gasteiger partial charge in [0, 0.05) is 22.1 Å². The molecule has 0 saturated carbocycles. The Hall–Kier alpha value is -7.09. The molecule has 77 heavy (non-hydrogen) atoms. The van der Waals surface area contributed by atoms with Crippen molar-refractivity contribution in [3.8, 4) is 5.75 Å².